The molecule has 1 aliphatic carbocycles. The van der Waals surface area contributed by atoms with Gasteiger partial charge in [-0.2, -0.15) is 0 Å². The van der Waals surface area contributed by atoms with Gasteiger partial charge < -0.3 is 9.47 Å². The number of carbonyl (C=O) groups is 1. The Morgan fingerprint density at radius 1 is 1.50 bits per heavy atom. The summed E-state index contributed by atoms with van der Waals surface area (Å²) in [6.07, 6.45) is 3.19. The van der Waals surface area contributed by atoms with Crippen LogP contribution in [0.4, 0.5) is 0 Å². The molecule has 4 nitrogen and oxygen atoms in total. The van der Waals surface area contributed by atoms with Gasteiger partial charge in [0.1, 0.15) is 6.10 Å². The van der Waals surface area contributed by atoms with Crippen molar-refractivity contribution in [1.82, 2.24) is 4.98 Å². The van der Waals surface area contributed by atoms with E-state index in [4.69, 9.17) is 4.74 Å². The van der Waals surface area contributed by atoms with Crippen LogP contribution >= 0.6 is 15.9 Å². The van der Waals surface area contributed by atoms with E-state index in [9.17, 15) is 4.79 Å². The third-order valence-corrected chi connectivity index (χ3v) is 3.09. The topological polar surface area (TPSA) is 48.4 Å². The first-order chi connectivity index (χ1) is 7.69. The van der Waals surface area contributed by atoms with E-state index in [0.29, 0.717) is 18.7 Å². The molecule has 86 valence electrons. The number of halogens is 1. The van der Waals surface area contributed by atoms with Crippen molar-refractivity contribution in [1.29, 1.82) is 0 Å². The second kappa shape index (κ2) is 4.82. The van der Waals surface area contributed by atoms with Crippen molar-refractivity contribution < 1.29 is 14.3 Å². The molecule has 0 aromatic carbocycles. The van der Waals surface area contributed by atoms with E-state index in [-0.39, 0.29) is 18.0 Å². The Bertz CT molecular complexity index is 373. The van der Waals surface area contributed by atoms with E-state index in [1.165, 1.54) is 7.11 Å². The van der Waals surface area contributed by atoms with Gasteiger partial charge in [0, 0.05) is 16.7 Å². The molecule has 0 spiro atoms. The van der Waals surface area contributed by atoms with E-state index >= 15 is 0 Å². The maximum absolute atomic E-state index is 11.1. The molecule has 0 amide bonds. The number of nitrogens with zero attached hydrogens (tertiary/aromatic N) is 1. The van der Waals surface area contributed by atoms with Crippen molar-refractivity contribution in [2.24, 2.45) is 5.92 Å². The maximum Gasteiger partial charge on any atom is 0.308 e. The zero-order valence-electron chi connectivity index (χ0n) is 8.85. The maximum atomic E-state index is 11.1. The summed E-state index contributed by atoms with van der Waals surface area (Å²) >= 11 is 3.30. The summed E-state index contributed by atoms with van der Waals surface area (Å²) in [6, 6.07) is 3.67. The molecule has 5 heteroatoms. The van der Waals surface area contributed by atoms with Crippen LogP contribution in [-0.4, -0.2) is 24.2 Å². The van der Waals surface area contributed by atoms with Gasteiger partial charge in [0.2, 0.25) is 5.88 Å². The number of esters is 1. The highest BCUT2D eigenvalue weighted by Crippen LogP contribution is 2.31. The van der Waals surface area contributed by atoms with Crippen molar-refractivity contribution in [3.8, 4) is 5.88 Å². The molecule has 1 aliphatic rings. The molecule has 1 heterocycles. The van der Waals surface area contributed by atoms with Crippen LogP contribution in [0.2, 0.25) is 0 Å². The van der Waals surface area contributed by atoms with Gasteiger partial charge in [-0.3, -0.25) is 4.79 Å². The lowest BCUT2D eigenvalue weighted by atomic mass is 9.82. The third-order valence-electron chi connectivity index (χ3n) is 2.62. The normalized spacial score (nSPS) is 23.4. The number of ether oxygens (including phenoxy) is 2. The molecule has 0 unspecified atom stereocenters. The molecule has 0 bridgehead atoms. The summed E-state index contributed by atoms with van der Waals surface area (Å²) in [7, 11) is 1.41. The number of aromatic nitrogens is 1. The minimum atomic E-state index is -0.149. The van der Waals surface area contributed by atoms with Gasteiger partial charge >= 0.3 is 5.97 Å². The van der Waals surface area contributed by atoms with Gasteiger partial charge in [0.25, 0.3) is 0 Å². The van der Waals surface area contributed by atoms with Crippen molar-refractivity contribution in [3.63, 3.8) is 0 Å². The molecular weight excluding hydrogens is 274 g/mol. The molecule has 1 aromatic heterocycles. The van der Waals surface area contributed by atoms with Crippen LogP contribution in [0.3, 0.4) is 0 Å². The number of pyridine rings is 1. The molecule has 0 aliphatic heterocycles. The van der Waals surface area contributed by atoms with Gasteiger partial charge in [-0.1, -0.05) is 0 Å². The minimum absolute atomic E-state index is 0.00884. The average Bonchev–Trinajstić information content (AvgIpc) is 2.24. The number of hydrogen-bond donors (Lipinski definition) is 0. The number of rotatable bonds is 3. The summed E-state index contributed by atoms with van der Waals surface area (Å²) in [5.41, 5.74) is 0. The Balaban J connectivity index is 1.81. The van der Waals surface area contributed by atoms with Crippen LogP contribution < -0.4 is 4.74 Å². The van der Waals surface area contributed by atoms with Crippen LogP contribution in [0.1, 0.15) is 12.8 Å². The highest BCUT2D eigenvalue weighted by Gasteiger charge is 2.37. The van der Waals surface area contributed by atoms with E-state index in [1.807, 2.05) is 6.07 Å². The lowest BCUT2D eigenvalue weighted by molar-refractivity contribution is -0.151. The van der Waals surface area contributed by atoms with Crippen molar-refractivity contribution >= 4 is 21.9 Å². The van der Waals surface area contributed by atoms with Crippen LogP contribution in [0.25, 0.3) is 0 Å². The standard InChI is InChI=1S/C11H12BrNO3/c1-15-11(14)7-4-9(5-7)16-10-3-2-8(12)6-13-10/h2-3,6-7,9H,4-5H2,1H3/t7-,9+. The largest absolute Gasteiger partial charge is 0.474 e. The van der Waals surface area contributed by atoms with Gasteiger partial charge in [0.05, 0.1) is 13.0 Å². The molecule has 2 rings (SSSR count). The predicted molar refractivity (Wildman–Crippen MR) is 61.1 cm³/mol. The molecule has 16 heavy (non-hydrogen) atoms. The quantitative estimate of drug-likeness (QED) is 0.799. The minimum Gasteiger partial charge on any atom is -0.474 e. The molecule has 0 radical (unpaired) electrons. The van der Waals surface area contributed by atoms with Gasteiger partial charge in [0.15, 0.2) is 0 Å². The summed E-state index contributed by atoms with van der Waals surface area (Å²) in [5, 5.41) is 0. The van der Waals surface area contributed by atoms with Crippen LogP contribution in [-0.2, 0) is 9.53 Å². The monoisotopic (exact) mass is 285 g/mol. The molecule has 1 fully saturated rings. The van der Waals surface area contributed by atoms with Gasteiger partial charge in [-0.05, 0) is 34.8 Å². The number of methoxy groups -OCH3 is 1. The van der Waals surface area contributed by atoms with E-state index in [2.05, 4.69) is 25.7 Å². The molecule has 0 N–H and O–H groups in total. The fourth-order valence-electron chi connectivity index (χ4n) is 1.62. The van der Waals surface area contributed by atoms with Gasteiger partial charge in [-0.15, -0.1) is 0 Å². The van der Waals surface area contributed by atoms with Gasteiger partial charge in [-0.25, -0.2) is 4.98 Å². The van der Waals surface area contributed by atoms with Crippen LogP contribution in [0, 0.1) is 5.92 Å². The Kier molecular flexibility index (Phi) is 3.43. The average molecular weight is 286 g/mol. The first-order valence-corrected chi connectivity index (χ1v) is 5.84. The predicted octanol–water partition coefficient (Wildman–Crippen LogP) is 2.17. The Hall–Kier alpha value is -1.10. The van der Waals surface area contributed by atoms with Crippen molar-refractivity contribution in [2.75, 3.05) is 7.11 Å². The van der Waals surface area contributed by atoms with E-state index in [0.717, 1.165) is 4.47 Å². The first kappa shape index (κ1) is 11.4. The summed E-state index contributed by atoms with van der Waals surface area (Å²) in [4.78, 5) is 15.2. The molecule has 1 aromatic rings. The highest BCUT2D eigenvalue weighted by atomic mass is 79.9. The first-order valence-electron chi connectivity index (χ1n) is 5.05. The lowest BCUT2D eigenvalue weighted by Gasteiger charge is -2.32. The number of hydrogen-bond acceptors (Lipinski definition) is 4. The number of carbonyl (C=O) groups excluding carboxylic acids is 1. The zero-order valence-corrected chi connectivity index (χ0v) is 10.4. The molecule has 1 saturated carbocycles. The van der Waals surface area contributed by atoms with E-state index < -0.39 is 0 Å². The van der Waals surface area contributed by atoms with Crippen molar-refractivity contribution in [2.45, 2.75) is 18.9 Å². The Labute approximate surface area is 102 Å². The highest BCUT2D eigenvalue weighted by molar-refractivity contribution is 9.10. The van der Waals surface area contributed by atoms with Crippen LogP contribution in [0.5, 0.6) is 5.88 Å². The second-order valence-corrected chi connectivity index (χ2v) is 4.66. The second-order valence-electron chi connectivity index (χ2n) is 3.75. The van der Waals surface area contributed by atoms with Crippen LogP contribution in [0.15, 0.2) is 22.8 Å². The van der Waals surface area contributed by atoms with E-state index in [1.54, 1.807) is 12.3 Å². The third kappa shape index (κ3) is 2.52. The smallest absolute Gasteiger partial charge is 0.308 e. The van der Waals surface area contributed by atoms with Crippen molar-refractivity contribution in [3.05, 3.63) is 22.8 Å². The Morgan fingerprint density at radius 3 is 2.81 bits per heavy atom. The zero-order chi connectivity index (χ0) is 11.5. The summed E-state index contributed by atoms with van der Waals surface area (Å²) in [5.74, 6) is 0.436. The molecule has 0 atom stereocenters. The Morgan fingerprint density at radius 2 is 2.25 bits per heavy atom. The fraction of sp³-hybridized carbons (Fsp3) is 0.455. The fourth-order valence-corrected chi connectivity index (χ4v) is 1.86. The SMILES string of the molecule is COC(=O)[C@H]1C[C@@H](Oc2ccc(Br)cn2)C1. The molecular formula is C11H12BrNO3. The summed E-state index contributed by atoms with van der Waals surface area (Å²) < 4.78 is 11.2. The lowest BCUT2D eigenvalue weighted by Crippen LogP contribution is -2.38. The molecule has 0 saturated heterocycles. The summed E-state index contributed by atoms with van der Waals surface area (Å²) in [6.45, 7) is 0.